The normalized spacial score (nSPS) is 21.8. The van der Waals surface area contributed by atoms with Gasteiger partial charge in [0, 0.05) is 13.6 Å². The van der Waals surface area contributed by atoms with E-state index >= 15 is 0 Å². The summed E-state index contributed by atoms with van der Waals surface area (Å²) in [7, 11) is 1.69. The van der Waals surface area contributed by atoms with Gasteiger partial charge in [0.2, 0.25) is 0 Å². The number of hydrogen-bond acceptors (Lipinski definition) is 3. The van der Waals surface area contributed by atoms with Gasteiger partial charge in [0.15, 0.2) is 0 Å². The lowest BCUT2D eigenvalue weighted by atomic mass is 9.79. The number of urea groups is 1. The molecule has 21 heavy (non-hydrogen) atoms. The highest BCUT2D eigenvalue weighted by Gasteiger charge is 2.31. The van der Waals surface area contributed by atoms with Crippen LogP contribution in [0.15, 0.2) is 22.8 Å². The first-order chi connectivity index (χ1) is 10.1. The molecule has 0 bridgehead atoms. The van der Waals surface area contributed by atoms with Crippen LogP contribution in [0.5, 0.6) is 0 Å². The fraction of sp³-hybridized carbons (Fsp3) is 0.600. The Morgan fingerprint density at radius 3 is 2.86 bits per heavy atom. The zero-order valence-electron chi connectivity index (χ0n) is 12.2. The van der Waals surface area contributed by atoms with Gasteiger partial charge in [-0.3, -0.25) is 4.79 Å². The van der Waals surface area contributed by atoms with Crippen molar-refractivity contribution in [1.82, 2.24) is 10.2 Å². The average Bonchev–Trinajstić information content (AvgIpc) is 2.97. The van der Waals surface area contributed by atoms with Gasteiger partial charge in [0.1, 0.15) is 5.76 Å². The lowest BCUT2D eigenvalue weighted by Gasteiger charge is -2.29. The summed E-state index contributed by atoms with van der Waals surface area (Å²) in [5.41, 5.74) is 0. The van der Waals surface area contributed by atoms with E-state index in [0.29, 0.717) is 25.3 Å². The molecule has 1 heterocycles. The Kier molecular flexibility index (Phi) is 5.25. The Morgan fingerprint density at radius 2 is 2.19 bits per heavy atom. The monoisotopic (exact) mass is 294 g/mol. The van der Waals surface area contributed by atoms with Gasteiger partial charge in [-0.1, -0.05) is 12.8 Å². The van der Waals surface area contributed by atoms with E-state index in [1.165, 1.54) is 4.90 Å². The smallest absolute Gasteiger partial charge is 0.317 e. The van der Waals surface area contributed by atoms with Gasteiger partial charge in [-0.2, -0.15) is 0 Å². The number of carbonyl (C=O) groups is 2. The predicted octanol–water partition coefficient (Wildman–Crippen LogP) is 2.31. The summed E-state index contributed by atoms with van der Waals surface area (Å²) in [5.74, 6) is -0.349. The van der Waals surface area contributed by atoms with Gasteiger partial charge >= 0.3 is 12.0 Å². The lowest BCUT2D eigenvalue weighted by Crippen LogP contribution is -2.42. The van der Waals surface area contributed by atoms with E-state index < -0.39 is 5.97 Å². The van der Waals surface area contributed by atoms with Crippen LogP contribution in [0.2, 0.25) is 0 Å². The molecule has 6 heteroatoms. The summed E-state index contributed by atoms with van der Waals surface area (Å²) in [6.45, 7) is 0.810. The van der Waals surface area contributed by atoms with E-state index in [-0.39, 0.29) is 17.9 Å². The molecule has 0 spiro atoms. The quantitative estimate of drug-likeness (QED) is 0.873. The summed E-state index contributed by atoms with van der Waals surface area (Å²) in [6, 6.07) is 3.38. The molecule has 2 unspecified atom stereocenters. The standard InChI is InChI=1S/C15H22N2O4/c1-17(10-12-6-4-8-21-12)15(20)16-9-11-5-2-3-7-13(11)14(18)19/h4,6,8,11,13H,2-3,5,7,9-10H2,1H3,(H,16,20)(H,18,19). The number of amides is 2. The van der Waals surface area contributed by atoms with E-state index in [1.807, 2.05) is 6.07 Å². The van der Waals surface area contributed by atoms with Crippen LogP contribution in [0.25, 0.3) is 0 Å². The summed E-state index contributed by atoms with van der Waals surface area (Å²) >= 11 is 0. The number of hydrogen-bond donors (Lipinski definition) is 2. The van der Waals surface area contributed by atoms with Crippen LogP contribution in [0.4, 0.5) is 4.79 Å². The molecule has 1 aliphatic rings. The zero-order chi connectivity index (χ0) is 15.2. The van der Waals surface area contributed by atoms with E-state index in [2.05, 4.69) is 5.32 Å². The van der Waals surface area contributed by atoms with Crippen LogP contribution < -0.4 is 5.32 Å². The van der Waals surface area contributed by atoms with Crippen molar-refractivity contribution >= 4 is 12.0 Å². The largest absolute Gasteiger partial charge is 0.481 e. The summed E-state index contributed by atoms with van der Waals surface area (Å²) in [4.78, 5) is 24.8. The van der Waals surface area contributed by atoms with Crippen molar-refractivity contribution in [3.63, 3.8) is 0 Å². The highest BCUT2D eigenvalue weighted by atomic mass is 16.4. The third-order valence-corrected chi connectivity index (χ3v) is 4.06. The Morgan fingerprint density at radius 1 is 1.43 bits per heavy atom. The van der Waals surface area contributed by atoms with E-state index in [9.17, 15) is 14.7 Å². The van der Waals surface area contributed by atoms with Crippen molar-refractivity contribution in [2.24, 2.45) is 11.8 Å². The van der Waals surface area contributed by atoms with Gasteiger partial charge in [-0.25, -0.2) is 4.79 Å². The molecule has 2 rings (SSSR count). The minimum absolute atomic E-state index is 0.0252. The molecule has 0 aromatic carbocycles. The van der Waals surface area contributed by atoms with Gasteiger partial charge in [0.25, 0.3) is 0 Å². The first-order valence-corrected chi connectivity index (χ1v) is 7.32. The first-order valence-electron chi connectivity index (χ1n) is 7.32. The predicted molar refractivity (Wildman–Crippen MR) is 76.7 cm³/mol. The molecule has 116 valence electrons. The number of furan rings is 1. The van der Waals surface area contributed by atoms with E-state index in [4.69, 9.17) is 4.42 Å². The lowest BCUT2D eigenvalue weighted by molar-refractivity contribution is -0.144. The summed E-state index contributed by atoms with van der Waals surface area (Å²) in [5, 5.41) is 12.1. The zero-order valence-corrected chi connectivity index (χ0v) is 12.2. The average molecular weight is 294 g/mol. The first kappa shape index (κ1) is 15.4. The summed E-state index contributed by atoms with van der Waals surface area (Å²) in [6.07, 6.45) is 5.13. The maximum Gasteiger partial charge on any atom is 0.317 e. The fourth-order valence-electron chi connectivity index (χ4n) is 2.84. The maximum atomic E-state index is 12.0. The second-order valence-electron chi connectivity index (χ2n) is 5.61. The molecule has 2 amide bonds. The van der Waals surface area contributed by atoms with Gasteiger partial charge in [-0.05, 0) is 30.9 Å². The molecule has 1 saturated carbocycles. The Bertz CT molecular complexity index is 472. The maximum absolute atomic E-state index is 12.0. The van der Waals surface area contributed by atoms with Crippen molar-refractivity contribution < 1.29 is 19.1 Å². The fourth-order valence-corrected chi connectivity index (χ4v) is 2.84. The molecule has 0 aliphatic heterocycles. The van der Waals surface area contributed by atoms with Crippen molar-refractivity contribution in [2.45, 2.75) is 32.2 Å². The van der Waals surface area contributed by atoms with Crippen LogP contribution in [-0.4, -0.2) is 35.6 Å². The molecule has 2 N–H and O–H groups in total. The van der Waals surface area contributed by atoms with Crippen molar-refractivity contribution in [3.05, 3.63) is 24.2 Å². The van der Waals surface area contributed by atoms with Gasteiger partial charge < -0.3 is 19.7 Å². The molecule has 2 atom stereocenters. The molecule has 6 nitrogen and oxygen atoms in total. The Hall–Kier alpha value is -1.98. The Balaban J connectivity index is 1.80. The third kappa shape index (κ3) is 4.24. The number of nitrogens with zero attached hydrogens (tertiary/aromatic N) is 1. The van der Waals surface area contributed by atoms with Crippen LogP contribution in [0, 0.1) is 11.8 Å². The number of carboxylic acids is 1. The Labute approximate surface area is 124 Å². The number of rotatable bonds is 5. The van der Waals surface area contributed by atoms with Crippen LogP contribution in [-0.2, 0) is 11.3 Å². The number of nitrogens with one attached hydrogen (secondary N) is 1. The minimum Gasteiger partial charge on any atom is -0.481 e. The molecule has 1 fully saturated rings. The second-order valence-corrected chi connectivity index (χ2v) is 5.61. The van der Waals surface area contributed by atoms with Crippen LogP contribution >= 0.6 is 0 Å². The van der Waals surface area contributed by atoms with Crippen molar-refractivity contribution in [3.8, 4) is 0 Å². The van der Waals surface area contributed by atoms with Crippen molar-refractivity contribution in [2.75, 3.05) is 13.6 Å². The van der Waals surface area contributed by atoms with Gasteiger partial charge in [0.05, 0.1) is 18.7 Å². The summed E-state index contributed by atoms with van der Waals surface area (Å²) < 4.78 is 5.20. The molecule has 1 aromatic heterocycles. The van der Waals surface area contributed by atoms with Crippen LogP contribution in [0.3, 0.4) is 0 Å². The van der Waals surface area contributed by atoms with E-state index in [0.717, 1.165) is 19.3 Å². The number of aliphatic carboxylic acids is 1. The molecule has 0 radical (unpaired) electrons. The molecular formula is C15H22N2O4. The minimum atomic E-state index is -0.752. The number of carboxylic acid groups (broad SMARTS) is 1. The number of carbonyl (C=O) groups excluding carboxylic acids is 1. The van der Waals surface area contributed by atoms with Crippen LogP contribution in [0.1, 0.15) is 31.4 Å². The topological polar surface area (TPSA) is 82.8 Å². The third-order valence-electron chi connectivity index (χ3n) is 4.06. The molecular weight excluding hydrogens is 272 g/mol. The SMILES string of the molecule is CN(Cc1ccco1)C(=O)NCC1CCCCC1C(=O)O. The second kappa shape index (κ2) is 7.15. The molecule has 0 saturated heterocycles. The van der Waals surface area contributed by atoms with Gasteiger partial charge in [-0.15, -0.1) is 0 Å². The highest BCUT2D eigenvalue weighted by Crippen LogP contribution is 2.29. The molecule has 1 aliphatic carbocycles. The van der Waals surface area contributed by atoms with Crippen molar-refractivity contribution in [1.29, 1.82) is 0 Å². The van der Waals surface area contributed by atoms with E-state index in [1.54, 1.807) is 19.4 Å². The molecule has 1 aromatic rings. The highest BCUT2D eigenvalue weighted by molar-refractivity contribution is 5.74.